The van der Waals surface area contributed by atoms with Crippen molar-refractivity contribution in [3.63, 3.8) is 0 Å². The molecule has 0 bridgehead atoms. The first-order chi connectivity index (χ1) is 7.75. The Morgan fingerprint density at radius 1 is 1.56 bits per heavy atom. The molecule has 3 nitrogen and oxygen atoms in total. The number of hydrogen-bond acceptors (Lipinski definition) is 4. The third-order valence-corrected chi connectivity index (χ3v) is 3.56. The lowest BCUT2D eigenvalue weighted by molar-refractivity contribution is 0.420. The van der Waals surface area contributed by atoms with Gasteiger partial charge in [0.05, 0.1) is 11.0 Å². The fraction of sp³-hybridized carbons (Fsp3) is 0.364. The second kappa shape index (κ2) is 5.61. The summed E-state index contributed by atoms with van der Waals surface area (Å²) in [5, 5.41) is 6.57. The molecular formula is C11H13BrN2OS. The first-order valence-electron chi connectivity index (χ1n) is 5.12. The summed E-state index contributed by atoms with van der Waals surface area (Å²) in [7, 11) is 0. The van der Waals surface area contributed by atoms with E-state index in [1.165, 1.54) is 5.01 Å². The standard InChI is InChI=1S/C11H13BrN2OS/c1-8(9-2-3-10(12)15-9)13-5-4-11-14-6-7-16-11/h2-3,6-8,13H,4-5H2,1H3. The van der Waals surface area contributed by atoms with Gasteiger partial charge in [0.15, 0.2) is 4.67 Å². The topological polar surface area (TPSA) is 38.1 Å². The van der Waals surface area contributed by atoms with Crippen LogP contribution in [0.3, 0.4) is 0 Å². The molecule has 1 N–H and O–H groups in total. The summed E-state index contributed by atoms with van der Waals surface area (Å²) in [4.78, 5) is 4.24. The molecule has 0 aliphatic rings. The molecule has 0 aliphatic heterocycles. The van der Waals surface area contributed by atoms with Gasteiger partial charge in [-0.15, -0.1) is 11.3 Å². The van der Waals surface area contributed by atoms with Crippen molar-refractivity contribution in [2.75, 3.05) is 6.54 Å². The molecule has 16 heavy (non-hydrogen) atoms. The molecule has 0 saturated carbocycles. The van der Waals surface area contributed by atoms with Crippen molar-refractivity contribution >= 4 is 27.3 Å². The van der Waals surface area contributed by atoms with Crippen LogP contribution in [0.1, 0.15) is 23.7 Å². The Hall–Kier alpha value is -0.650. The highest BCUT2D eigenvalue weighted by molar-refractivity contribution is 9.10. The van der Waals surface area contributed by atoms with Gasteiger partial charge in [0, 0.05) is 24.5 Å². The molecular weight excluding hydrogens is 288 g/mol. The second-order valence-electron chi connectivity index (χ2n) is 3.49. The first-order valence-corrected chi connectivity index (χ1v) is 6.80. The van der Waals surface area contributed by atoms with Gasteiger partial charge in [-0.3, -0.25) is 0 Å². The summed E-state index contributed by atoms with van der Waals surface area (Å²) in [6.45, 7) is 3.00. The van der Waals surface area contributed by atoms with E-state index in [2.05, 4.69) is 33.2 Å². The Balaban J connectivity index is 1.78. The van der Waals surface area contributed by atoms with Crippen LogP contribution in [0.2, 0.25) is 0 Å². The molecule has 0 saturated heterocycles. The molecule has 2 aromatic rings. The number of nitrogens with one attached hydrogen (secondary N) is 1. The van der Waals surface area contributed by atoms with Crippen LogP contribution in [-0.4, -0.2) is 11.5 Å². The molecule has 2 heterocycles. The van der Waals surface area contributed by atoms with Crippen LogP contribution in [-0.2, 0) is 6.42 Å². The molecule has 2 aromatic heterocycles. The molecule has 0 radical (unpaired) electrons. The van der Waals surface area contributed by atoms with Crippen LogP contribution in [0.25, 0.3) is 0 Å². The summed E-state index contributed by atoms with van der Waals surface area (Å²) in [6.07, 6.45) is 2.80. The Morgan fingerprint density at radius 2 is 2.44 bits per heavy atom. The number of furan rings is 1. The maximum absolute atomic E-state index is 5.47. The molecule has 5 heteroatoms. The number of nitrogens with zero attached hydrogens (tertiary/aromatic N) is 1. The fourth-order valence-electron chi connectivity index (χ4n) is 1.43. The van der Waals surface area contributed by atoms with Crippen molar-refractivity contribution in [3.05, 3.63) is 39.1 Å². The monoisotopic (exact) mass is 300 g/mol. The van der Waals surface area contributed by atoms with Gasteiger partial charge in [0.25, 0.3) is 0 Å². The third-order valence-electron chi connectivity index (χ3n) is 2.29. The van der Waals surface area contributed by atoms with Gasteiger partial charge in [-0.25, -0.2) is 4.98 Å². The normalized spacial score (nSPS) is 12.9. The van der Waals surface area contributed by atoms with E-state index in [0.717, 1.165) is 23.4 Å². The highest BCUT2D eigenvalue weighted by Crippen LogP contribution is 2.19. The zero-order valence-corrected chi connectivity index (χ0v) is 11.3. The highest BCUT2D eigenvalue weighted by atomic mass is 79.9. The van der Waals surface area contributed by atoms with Crippen molar-refractivity contribution in [2.24, 2.45) is 0 Å². The van der Waals surface area contributed by atoms with Gasteiger partial charge in [0.2, 0.25) is 0 Å². The quantitative estimate of drug-likeness (QED) is 0.920. The molecule has 1 unspecified atom stereocenters. The summed E-state index contributed by atoms with van der Waals surface area (Å²) in [6, 6.07) is 4.12. The van der Waals surface area contributed by atoms with Gasteiger partial charge < -0.3 is 9.73 Å². The summed E-state index contributed by atoms with van der Waals surface area (Å²) in [5.41, 5.74) is 0. The predicted molar refractivity (Wildman–Crippen MR) is 68.6 cm³/mol. The lowest BCUT2D eigenvalue weighted by Crippen LogP contribution is -2.20. The van der Waals surface area contributed by atoms with E-state index in [1.807, 2.05) is 23.7 Å². The molecule has 0 spiro atoms. The van der Waals surface area contributed by atoms with Crippen molar-refractivity contribution in [2.45, 2.75) is 19.4 Å². The third kappa shape index (κ3) is 3.17. The maximum Gasteiger partial charge on any atom is 0.169 e. The van der Waals surface area contributed by atoms with E-state index in [4.69, 9.17) is 4.42 Å². The molecule has 0 fully saturated rings. The lowest BCUT2D eigenvalue weighted by Gasteiger charge is -2.09. The largest absolute Gasteiger partial charge is 0.453 e. The Labute approximate surface area is 107 Å². The van der Waals surface area contributed by atoms with E-state index in [-0.39, 0.29) is 6.04 Å². The summed E-state index contributed by atoms with van der Waals surface area (Å²) in [5.74, 6) is 0.950. The smallest absolute Gasteiger partial charge is 0.169 e. The minimum absolute atomic E-state index is 0.228. The molecule has 0 aliphatic carbocycles. The van der Waals surface area contributed by atoms with Crippen molar-refractivity contribution in [3.8, 4) is 0 Å². The SMILES string of the molecule is CC(NCCc1nccs1)c1ccc(Br)o1. The fourth-order valence-corrected chi connectivity index (χ4v) is 2.37. The number of thiazole rings is 1. The average molecular weight is 301 g/mol. The van der Waals surface area contributed by atoms with E-state index in [1.54, 1.807) is 11.3 Å². The van der Waals surface area contributed by atoms with Crippen LogP contribution in [0, 0.1) is 0 Å². The maximum atomic E-state index is 5.47. The molecule has 1 atom stereocenters. The molecule has 86 valence electrons. The minimum Gasteiger partial charge on any atom is -0.453 e. The van der Waals surface area contributed by atoms with Crippen LogP contribution in [0.15, 0.2) is 32.8 Å². The van der Waals surface area contributed by atoms with E-state index in [0.29, 0.717) is 0 Å². The Morgan fingerprint density at radius 3 is 3.06 bits per heavy atom. The van der Waals surface area contributed by atoms with Gasteiger partial charge in [-0.05, 0) is 35.0 Å². The summed E-state index contributed by atoms with van der Waals surface area (Å²) < 4.78 is 6.25. The zero-order valence-electron chi connectivity index (χ0n) is 8.94. The molecule has 2 rings (SSSR count). The van der Waals surface area contributed by atoms with E-state index < -0.39 is 0 Å². The highest BCUT2D eigenvalue weighted by Gasteiger charge is 2.08. The Bertz CT molecular complexity index is 427. The van der Waals surface area contributed by atoms with Gasteiger partial charge in [-0.1, -0.05) is 0 Å². The van der Waals surface area contributed by atoms with Crippen LogP contribution >= 0.6 is 27.3 Å². The minimum atomic E-state index is 0.228. The van der Waals surface area contributed by atoms with Crippen molar-refractivity contribution in [1.82, 2.24) is 10.3 Å². The summed E-state index contributed by atoms with van der Waals surface area (Å²) >= 11 is 4.99. The number of aromatic nitrogens is 1. The molecule has 0 amide bonds. The number of halogens is 1. The van der Waals surface area contributed by atoms with Crippen molar-refractivity contribution < 1.29 is 4.42 Å². The van der Waals surface area contributed by atoms with Crippen LogP contribution < -0.4 is 5.32 Å². The van der Waals surface area contributed by atoms with Crippen molar-refractivity contribution in [1.29, 1.82) is 0 Å². The zero-order chi connectivity index (χ0) is 11.4. The number of rotatable bonds is 5. The Kier molecular flexibility index (Phi) is 4.15. The molecule has 0 aromatic carbocycles. The van der Waals surface area contributed by atoms with Gasteiger partial charge in [-0.2, -0.15) is 0 Å². The number of hydrogen-bond donors (Lipinski definition) is 1. The predicted octanol–water partition coefficient (Wildman–Crippen LogP) is 3.39. The second-order valence-corrected chi connectivity index (χ2v) is 5.25. The van der Waals surface area contributed by atoms with Gasteiger partial charge >= 0.3 is 0 Å². The average Bonchev–Trinajstić information content (AvgIpc) is 2.89. The lowest BCUT2D eigenvalue weighted by atomic mass is 10.2. The van der Waals surface area contributed by atoms with Crippen LogP contribution in [0.4, 0.5) is 0 Å². The first kappa shape index (κ1) is 11.8. The van der Waals surface area contributed by atoms with E-state index >= 15 is 0 Å². The van der Waals surface area contributed by atoms with Gasteiger partial charge in [0.1, 0.15) is 5.76 Å². The van der Waals surface area contributed by atoms with E-state index in [9.17, 15) is 0 Å². The van der Waals surface area contributed by atoms with Crippen LogP contribution in [0.5, 0.6) is 0 Å².